The Morgan fingerprint density at radius 2 is 1.45 bits per heavy atom. The Hall–Kier alpha value is -1.42. The fourth-order valence-corrected chi connectivity index (χ4v) is 2.63. The Balaban J connectivity index is 4.98. The second-order valence-electron chi connectivity index (χ2n) is 6.62. The van der Waals surface area contributed by atoms with Crippen LogP contribution in [0.1, 0.15) is 58.3 Å². The Morgan fingerprint density at radius 3 is 1.93 bits per heavy atom. The van der Waals surface area contributed by atoms with Gasteiger partial charge in [0.15, 0.2) is 0 Å². The predicted molar refractivity (Wildman–Crippen MR) is 88.2 cm³/mol. The zero-order valence-electron chi connectivity index (χ0n) is 15.9. The molecule has 0 spiro atoms. The van der Waals surface area contributed by atoms with Crippen molar-refractivity contribution >= 4 is 5.97 Å². The number of ether oxygens (including phenoxy) is 1. The van der Waals surface area contributed by atoms with E-state index in [1.165, 1.54) is 6.92 Å². The van der Waals surface area contributed by atoms with Gasteiger partial charge in [-0.15, -0.1) is 6.58 Å². The first-order chi connectivity index (χ1) is 13.2. The van der Waals surface area contributed by atoms with E-state index in [2.05, 4.69) is 6.58 Å². The highest BCUT2D eigenvalue weighted by Gasteiger charge is 2.81. The summed E-state index contributed by atoms with van der Waals surface area (Å²) in [5, 5.41) is 0. The molecule has 0 fully saturated rings. The van der Waals surface area contributed by atoms with Crippen LogP contribution in [0.25, 0.3) is 0 Å². The first-order valence-corrected chi connectivity index (χ1v) is 9.13. The molecule has 0 saturated heterocycles. The lowest BCUT2D eigenvalue weighted by Crippen LogP contribution is -2.60. The van der Waals surface area contributed by atoms with Gasteiger partial charge in [0.2, 0.25) is 0 Å². The largest absolute Gasteiger partial charge is 0.466 e. The summed E-state index contributed by atoms with van der Waals surface area (Å²) in [7, 11) is 0. The lowest BCUT2D eigenvalue weighted by Gasteiger charge is -2.33. The SMILES string of the molecule is C=CCCCCCC(CCCC(F)(F)C(F)(F)C(F)(F)C(F)(F)F)C(=O)OCC. The summed E-state index contributed by atoms with van der Waals surface area (Å²) < 4.78 is 120. The number of rotatable bonds is 14. The van der Waals surface area contributed by atoms with Gasteiger partial charge in [-0.2, -0.15) is 39.5 Å². The molecule has 0 saturated carbocycles. The maximum Gasteiger partial charge on any atom is 0.460 e. The van der Waals surface area contributed by atoms with E-state index in [-0.39, 0.29) is 13.0 Å². The smallest absolute Gasteiger partial charge is 0.460 e. The fourth-order valence-electron chi connectivity index (χ4n) is 2.63. The lowest BCUT2D eigenvalue weighted by atomic mass is 9.92. The van der Waals surface area contributed by atoms with E-state index < -0.39 is 55.1 Å². The summed E-state index contributed by atoms with van der Waals surface area (Å²) in [6.07, 6.45) is -5.50. The van der Waals surface area contributed by atoms with E-state index in [0.29, 0.717) is 12.8 Å². The molecule has 0 N–H and O–H groups in total. The molecular weight excluding hydrogens is 419 g/mol. The third-order valence-corrected chi connectivity index (χ3v) is 4.33. The predicted octanol–water partition coefficient (Wildman–Crippen LogP) is 6.94. The van der Waals surface area contributed by atoms with Gasteiger partial charge in [-0.3, -0.25) is 4.79 Å². The summed E-state index contributed by atoms with van der Waals surface area (Å²) in [5.74, 6) is -20.8. The van der Waals surface area contributed by atoms with Crippen molar-refractivity contribution in [2.24, 2.45) is 5.92 Å². The summed E-state index contributed by atoms with van der Waals surface area (Å²) in [4.78, 5) is 11.9. The quantitative estimate of drug-likeness (QED) is 0.126. The Morgan fingerprint density at radius 1 is 0.897 bits per heavy atom. The highest BCUT2D eigenvalue weighted by Crippen LogP contribution is 2.54. The van der Waals surface area contributed by atoms with Gasteiger partial charge < -0.3 is 4.74 Å². The Kier molecular flexibility index (Phi) is 10.6. The van der Waals surface area contributed by atoms with Gasteiger partial charge in [0, 0.05) is 6.42 Å². The van der Waals surface area contributed by atoms with E-state index in [0.717, 1.165) is 12.8 Å². The molecule has 1 unspecified atom stereocenters. The maximum atomic E-state index is 13.6. The number of esters is 1. The lowest BCUT2D eigenvalue weighted by molar-refractivity contribution is -0.396. The zero-order chi connectivity index (χ0) is 22.9. The van der Waals surface area contributed by atoms with Gasteiger partial charge in [0.25, 0.3) is 0 Å². The Bertz CT molecular complexity index is 516. The van der Waals surface area contributed by atoms with Crippen LogP contribution in [0, 0.1) is 5.92 Å². The normalized spacial score (nSPS) is 14.6. The minimum absolute atomic E-state index is 0.0160. The topological polar surface area (TPSA) is 26.3 Å². The monoisotopic (exact) mass is 444 g/mol. The molecule has 0 aliphatic rings. The molecule has 0 bridgehead atoms. The molecule has 1 atom stereocenters. The van der Waals surface area contributed by atoms with Gasteiger partial charge in [0.05, 0.1) is 12.5 Å². The van der Waals surface area contributed by atoms with Gasteiger partial charge in [-0.1, -0.05) is 18.9 Å². The van der Waals surface area contributed by atoms with E-state index in [1.807, 2.05) is 0 Å². The Labute approximate surface area is 163 Å². The second-order valence-corrected chi connectivity index (χ2v) is 6.62. The summed E-state index contributed by atoms with van der Waals surface area (Å²) in [5.41, 5.74) is 0. The standard InChI is InChI=1S/C18H25F9O2/c1-3-5-6-7-8-10-13(14(28)29-4-2)11-9-12-15(19,20)16(21,22)17(23,24)18(25,26)27/h3,13H,1,4-12H2,2H3. The van der Waals surface area contributed by atoms with Crippen LogP contribution in [0.4, 0.5) is 39.5 Å². The van der Waals surface area contributed by atoms with Crippen molar-refractivity contribution in [1.82, 2.24) is 0 Å². The first-order valence-electron chi connectivity index (χ1n) is 9.13. The van der Waals surface area contributed by atoms with Crippen LogP contribution < -0.4 is 0 Å². The van der Waals surface area contributed by atoms with Crippen LogP contribution in [0.5, 0.6) is 0 Å². The van der Waals surface area contributed by atoms with Crippen molar-refractivity contribution < 1.29 is 49.0 Å². The zero-order valence-corrected chi connectivity index (χ0v) is 15.9. The number of hydrogen-bond acceptors (Lipinski definition) is 2. The number of unbranched alkanes of at least 4 members (excludes halogenated alkanes) is 3. The number of alkyl halides is 9. The minimum atomic E-state index is -6.89. The van der Waals surface area contributed by atoms with E-state index >= 15 is 0 Å². The molecule has 0 aliphatic carbocycles. The molecule has 11 heteroatoms. The van der Waals surface area contributed by atoms with Crippen LogP contribution in [-0.2, 0) is 9.53 Å². The molecule has 172 valence electrons. The third-order valence-electron chi connectivity index (χ3n) is 4.33. The molecule has 0 aromatic rings. The van der Waals surface area contributed by atoms with Crippen LogP contribution in [0.15, 0.2) is 12.7 Å². The highest BCUT2D eigenvalue weighted by atomic mass is 19.4. The van der Waals surface area contributed by atoms with Crippen molar-refractivity contribution in [3.05, 3.63) is 12.7 Å². The summed E-state index contributed by atoms with van der Waals surface area (Å²) in [6, 6.07) is 0. The molecule has 29 heavy (non-hydrogen) atoms. The van der Waals surface area contributed by atoms with E-state index in [4.69, 9.17) is 4.74 Å². The van der Waals surface area contributed by atoms with Crippen LogP contribution >= 0.6 is 0 Å². The first kappa shape index (κ1) is 27.6. The van der Waals surface area contributed by atoms with E-state index in [1.54, 1.807) is 6.08 Å². The average Bonchev–Trinajstić information content (AvgIpc) is 2.58. The molecular formula is C18H25F9O2. The van der Waals surface area contributed by atoms with Crippen LogP contribution in [-0.4, -0.2) is 36.5 Å². The highest BCUT2D eigenvalue weighted by molar-refractivity contribution is 5.72. The number of halogens is 9. The van der Waals surface area contributed by atoms with Gasteiger partial charge >= 0.3 is 29.9 Å². The minimum Gasteiger partial charge on any atom is -0.466 e. The van der Waals surface area contributed by atoms with Crippen molar-refractivity contribution in [2.75, 3.05) is 6.61 Å². The number of carbonyl (C=O) groups excluding carboxylic acids is 1. The van der Waals surface area contributed by atoms with Crippen molar-refractivity contribution in [3.8, 4) is 0 Å². The van der Waals surface area contributed by atoms with Gasteiger partial charge in [0.1, 0.15) is 0 Å². The molecule has 0 radical (unpaired) electrons. The van der Waals surface area contributed by atoms with Crippen LogP contribution in [0.3, 0.4) is 0 Å². The maximum absolute atomic E-state index is 13.6. The summed E-state index contributed by atoms with van der Waals surface area (Å²) in [6.45, 7) is 5.01. The average molecular weight is 444 g/mol. The fraction of sp³-hybridized carbons (Fsp3) is 0.833. The third kappa shape index (κ3) is 7.40. The summed E-state index contributed by atoms with van der Waals surface area (Å²) >= 11 is 0. The second kappa shape index (κ2) is 11.1. The molecule has 0 aromatic heterocycles. The molecule has 0 aromatic carbocycles. The molecule has 2 nitrogen and oxygen atoms in total. The number of allylic oxidation sites excluding steroid dienone is 1. The molecule has 0 aliphatic heterocycles. The van der Waals surface area contributed by atoms with Gasteiger partial charge in [-0.25, -0.2) is 0 Å². The van der Waals surface area contributed by atoms with E-state index in [9.17, 15) is 44.3 Å². The van der Waals surface area contributed by atoms with Crippen molar-refractivity contribution in [2.45, 2.75) is 82.2 Å². The number of hydrogen-bond donors (Lipinski definition) is 0. The molecule has 0 rings (SSSR count). The van der Waals surface area contributed by atoms with Crippen molar-refractivity contribution in [1.29, 1.82) is 0 Å². The van der Waals surface area contributed by atoms with Gasteiger partial charge in [-0.05, 0) is 39.0 Å². The molecule has 0 heterocycles. The van der Waals surface area contributed by atoms with Crippen molar-refractivity contribution in [3.63, 3.8) is 0 Å². The van der Waals surface area contributed by atoms with Crippen LogP contribution in [0.2, 0.25) is 0 Å². The number of carbonyl (C=O) groups is 1. The molecule has 0 amide bonds.